The fourth-order valence-electron chi connectivity index (χ4n) is 2.30. The van der Waals surface area contributed by atoms with Crippen LogP contribution in [0, 0.1) is 0 Å². The molecule has 22 heavy (non-hydrogen) atoms. The number of alkyl halides is 2. The molecule has 0 aliphatic carbocycles. The number of carbonyl (C=O) groups excluding carboxylic acids is 1. The molecule has 1 atom stereocenters. The Kier molecular flexibility index (Phi) is 7.49. The summed E-state index contributed by atoms with van der Waals surface area (Å²) in [4.78, 5) is 15.6. The van der Waals surface area contributed by atoms with Gasteiger partial charge < -0.3 is 16.0 Å². The van der Waals surface area contributed by atoms with Crippen molar-refractivity contribution in [1.82, 2.24) is 10.6 Å². The number of amides is 1. The molecule has 3 N–H and O–H groups in total. The number of aliphatic imine (C=N–C) groups is 1. The molecule has 122 valence electrons. The summed E-state index contributed by atoms with van der Waals surface area (Å²) < 4.78 is 24.4. The third kappa shape index (κ3) is 5.08. The van der Waals surface area contributed by atoms with E-state index in [0.29, 0.717) is 18.9 Å². The Hall–Kier alpha value is -1.45. The van der Waals surface area contributed by atoms with Gasteiger partial charge in [-0.25, -0.2) is 8.78 Å². The first-order valence-corrected chi connectivity index (χ1v) is 6.71. The highest BCUT2D eigenvalue weighted by atomic mass is 127. The largest absolute Gasteiger partial charge is 0.356 e. The van der Waals surface area contributed by atoms with E-state index in [-0.39, 0.29) is 35.8 Å². The first-order valence-electron chi connectivity index (χ1n) is 6.71. The number of hydrogen-bond acceptors (Lipinski definition) is 2. The van der Waals surface area contributed by atoms with Crippen molar-refractivity contribution in [3.8, 4) is 0 Å². The van der Waals surface area contributed by atoms with Crippen LogP contribution in [0.2, 0.25) is 0 Å². The Morgan fingerprint density at radius 3 is 2.82 bits per heavy atom. The first-order chi connectivity index (χ1) is 10.1. The van der Waals surface area contributed by atoms with Gasteiger partial charge in [0.05, 0.1) is 6.54 Å². The molecule has 2 rings (SSSR count). The Morgan fingerprint density at radius 2 is 2.14 bits per heavy atom. The van der Waals surface area contributed by atoms with Crippen LogP contribution in [0.1, 0.15) is 17.9 Å². The maximum atomic E-state index is 12.2. The number of anilines is 1. The van der Waals surface area contributed by atoms with Crippen LogP contribution < -0.4 is 16.0 Å². The smallest absolute Gasteiger partial charge is 0.255 e. The Bertz CT molecular complexity index is 539. The summed E-state index contributed by atoms with van der Waals surface area (Å²) in [6.07, 6.45) is -2.08. The van der Waals surface area contributed by atoms with Crippen molar-refractivity contribution < 1.29 is 13.6 Å². The highest BCUT2D eigenvalue weighted by Crippen LogP contribution is 2.31. The number of guanidine groups is 1. The molecular weight excluding hydrogens is 405 g/mol. The van der Waals surface area contributed by atoms with E-state index < -0.39 is 13.0 Å². The normalized spacial score (nSPS) is 17.4. The van der Waals surface area contributed by atoms with E-state index >= 15 is 0 Å². The lowest BCUT2D eigenvalue weighted by atomic mass is 9.90. The molecule has 0 radical (unpaired) electrons. The van der Waals surface area contributed by atoms with E-state index in [1.165, 1.54) is 7.05 Å². The second kappa shape index (κ2) is 8.86. The molecule has 0 fully saturated rings. The fourth-order valence-corrected chi connectivity index (χ4v) is 2.30. The lowest BCUT2D eigenvalue weighted by molar-refractivity contribution is -0.116. The van der Waals surface area contributed by atoms with Crippen LogP contribution in [-0.4, -0.2) is 38.4 Å². The molecule has 1 amide bonds. The van der Waals surface area contributed by atoms with E-state index in [9.17, 15) is 13.6 Å². The number of fused-ring (bicyclic) bond motifs is 1. The van der Waals surface area contributed by atoms with Gasteiger partial charge in [0.15, 0.2) is 5.96 Å². The summed E-state index contributed by atoms with van der Waals surface area (Å²) in [7, 11) is 1.52. The van der Waals surface area contributed by atoms with Gasteiger partial charge in [-0.3, -0.25) is 9.79 Å². The minimum absolute atomic E-state index is 0. The fraction of sp³-hybridized carbons (Fsp3) is 0.429. The highest BCUT2D eigenvalue weighted by molar-refractivity contribution is 14.0. The van der Waals surface area contributed by atoms with Crippen molar-refractivity contribution in [2.45, 2.75) is 18.8 Å². The Labute approximate surface area is 145 Å². The van der Waals surface area contributed by atoms with Gasteiger partial charge in [-0.1, -0.05) is 18.2 Å². The third-order valence-electron chi connectivity index (χ3n) is 3.27. The van der Waals surface area contributed by atoms with E-state index in [4.69, 9.17) is 0 Å². The van der Waals surface area contributed by atoms with Crippen molar-refractivity contribution in [3.63, 3.8) is 0 Å². The summed E-state index contributed by atoms with van der Waals surface area (Å²) in [6, 6.07) is 7.57. The first kappa shape index (κ1) is 18.6. The molecule has 1 heterocycles. The van der Waals surface area contributed by atoms with Gasteiger partial charge in [0.2, 0.25) is 5.91 Å². The zero-order chi connectivity index (χ0) is 15.2. The minimum Gasteiger partial charge on any atom is -0.356 e. The van der Waals surface area contributed by atoms with Crippen molar-refractivity contribution in [2.75, 3.05) is 25.5 Å². The number of nitrogens with one attached hydrogen (secondary N) is 3. The number of benzene rings is 1. The van der Waals surface area contributed by atoms with E-state index in [1.54, 1.807) is 0 Å². The van der Waals surface area contributed by atoms with Crippen LogP contribution in [-0.2, 0) is 4.79 Å². The average Bonchev–Trinajstić information content (AvgIpc) is 2.46. The molecule has 1 aromatic carbocycles. The predicted octanol–water partition coefficient (Wildman–Crippen LogP) is 2.16. The number of hydrogen-bond donors (Lipinski definition) is 3. The van der Waals surface area contributed by atoms with Crippen LogP contribution in [0.15, 0.2) is 29.3 Å². The average molecular weight is 424 g/mol. The quantitative estimate of drug-likeness (QED) is 0.395. The van der Waals surface area contributed by atoms with Crippen LogP contribution in [0.5, 0.6) is 0 Å². The Balaban J connectivity index is 0.00000242. The number of nitrogens with zero attached hydrogens (tertiary/aromatic N) is 1. The molecule has 1 aliphatic rings. The van der Waals surface area contributed by atoms with Gasteiger partial charge >= 0.3 is 0 Å². The SMILES string of the molecule is CN=C(NCC(F)F)NCC1CC(=O)Nc2ccccc21.I. The molecule has 0 saturated carbocycles. The molecule has 0 spiro atoms. The lowest BCUT2D eigenvalue weighted by Gasteiger charge is -2.26. The van der Waals surface area contributed by atoms with E-state index in [1.807, 2.05) is 24.3 Å². The van der Waals surface area contributed by atoms with E-state index in [0.717, 1.165) is 11.3 Å². The van der Waals surface area contributed by atoms with Gasteiger partial charge in [-0.2, -0.15) is 0 Å². The molecular formula is C14H19F2IN4O. The zero-order valence-electron chi connectivity index (χ0n) is 12.1. The summed E-state index contributed by atoms with van der Waals surface area (Å²) in [6.45, 7) is -0.00520. The maximum absolute atomic E-state index is 12.2. The maximum Gasteiger partial charge on any atom is 0.255 e. The van der Waals surface area contributed by atoms with Crippen molar-refractivity contribution >= 4 is 41.5 Å². The van der Waals surface area contributed by atoms with Gasteiger partial charge in [0.25, 0.3) is 6.43 Å². The highest BCUT2D eigenvalue weighted by Gasteiger charge is 2.24. The third-order valence-corrected chi connectivity index (χ3v) is 3.27. The van der Waals surface area contributed by atoms with Crippen LogP contribution in [0.25, 0.3) is 0 Å². The molecule has 0 aromatic heterocycles. The summed E-state index contributed by atoms with van der Waals surface area (Å²) in [5.41, 5.74) is 1.84. The lowest BCUT2D eigenvalue weighted by Crippen LogP contribution is -2.42. The monoisotopic (exact) mass is 424 g/mol. The molecule has 0 saturated heterocycles. The number of halogens is 3. The van der Waals surface area contributed by atoms with Gasteiger partial charge in [-0.05, 0) is 11.6 Å². The molecule has 1 aromatic rings. The summed E-state index contributed by atoms with van der Waals surface area (Å²) >= 11 is 0. The van der Waals surface area contributed by atoms with Gasteiger partial charge in [0, 0.05) is 31.6 Å². The second-order valence-corrected chi connectivity index (χ2v) is 4.76. The zero-order valence-corrected chi connectivity index (χ0v) is 14.4. The van der Waals surface area contributed by atoms with Crippen LogP contribution in [0.4, 0.5) is 14.5 Å². The summed E-state index contributed by atoms with van der Waals surface area (Å²) in [5, 5.41) is 8.33. The molecule has 5 nitrogen and oxygen atoms in total. The van der Waals surface area contributed by atoms with Crippen LogP contribution >= 0.6 is 24.0 Å². The number of carbonyl (C=O) groups is 1. The van der Waals surface area contributed by atoms with Crippen LogP contribution in [0.3, 0.4) is 0 Å². The van der Waals surface area contributed by atoms with E-state index in [2.05, 4.69) is 20.9 Å². The molecule has 1 unspecified atom stereocenters. The molecule has 8 heteroatoms. The van der Waals surface area contributed by atoms with Gasteiger partial charge in [0.1, 0.15) is 0 Å². The molecule has 0 bridgehead atoms. The topological polar surface area (TPSA) is 65.5 Å². The number of para-hydroxylation sites is 1. The van der Waals surface area contributed by atoms with Crippen molar-refractivity contribution in [1.29, 1.82) is 0 Å². The minimum atomic E-state index is -2.44. The van der Waals surface area contributed by atoms with Crippen molar-refractivity contribution in [2.24, 2.45) is 4.99 Å². The predicted molar refractivity (Wildman–Crippen MR) is 93.2 cm³/mol. The van der Waals surface area contributed by atoms with Gasteiger partial charge in [-0.15, -0.1) is 24.0 Å². The standard InChI is InChI=1S/C14H18F2N4O.HI/c1-17-14(19-8-12(15)16)18-7-9-6-13(21)20-11-5-3-2-4-10(9)11;/h2-5,9,12H,6-8H2,1H3,(H,20,21)(H2,17,18,19);1H. The number of rotatable bonds is 4. The Morgan fingerprint density at radius 1 is 1.41 bits per heavy atom. The second-order valence-electron chi connectivity index (χ2n) is 4.76. The summed E-state index contributed by atoms with van der Waals surface area (Å²) in [5.74, 6) is 0.245. The molecule has 1 aliphatic heterocycles. The van der Waals surface area contributed by atoms with Crippen molar-refractivity contribution in [3.05, 3.63) is 29.8 Å².